The van der Waals surface area contributed by atoms with Crippen molar-refractivity contribution in [2.45, 2.75) is 31.9 Å². The van der Waals surface area contributed by atoms with Crippen LogP contribution in [0.2, 0.25) is 0 Å². The molecule has 1 atom stereocenters. The maximum absolute atomic E-state index is 13.5. The Morgan fingerprint density at radius 2 is 1.94 bits per heavy atom. The molecule has 1 saturated heterocycles. The number of anilines is 1. The van der Waals surface area contributed by atoms with E-state index in [0.717, 1.165) is 55.7 Å². The molecule has 0 spiro atoms. The van der Waals surface area contributed by atoms with E-state index >= 15 is 0 Å². The van der Waals surface area contributed by atoms with Gasteiger partial charge in [-0.05, 0) is 75.0 Å². The van der Waals surface area contributed by atoms with Gasteiger partial charge in [-0.2, -0.15) is 13.2 Å². The average molecular weight is 431 g/mol. The number of hydrogen-bond acceptors (Lipinski definition) is 3. The molecule has 164 valence electrons. The van der Waals surface area contributed by atoms with Gasteiger partial charge < -0.3 is 10.6 Å². The summed E-state index contributed by atoms with van der Waals surface area (Å²) in [6.07, 6.45) is -0.156. The van der Waals surface area contributed by atoms with Crippen molar-refractivity contribution in [3.05, 3.63) is 59.9 Å². The number of nitrogens with zero attached hydrogens (tertiary/aromatic N) is 1. The second-order valence-electron chi connectivity index (χ2n) is 8.04. The molecule has 1 aliphatic heterocycles. The Labute approximate surface area is 178 Å². The summed E-state index contributed by atoms with van der Waals surface area (Å²) in [5, 5.41) is 7.66. The summed E-state index contributed by atoms with van der Waals surface area (Å²) in [6, 6.07) is 11.7. The number of halogens is 4. The third-order valence-corrected chi connectivity index (χ3v) is 5.78. The third-order valence-electron chi connectivity index (χ3n) is 5.78. The molecule has 2 N–H and O–H groups in total. The lowest BCUT2D eigenvalue weighted by Crippen LogP contribution is -2.29. The van der Waals surface area contributed by atoms with Gasteiger partial charge in [0.05, 0.1) is 16.8 Å². The van der Waals surface area contributed by atoms with E-state index in [1.807, 2.05) is 12.1 Å². The Hall–Kier alpha value is -2.67. The van der Waals surface area contributed by atoms with Gasteiger partial charge in [0.15, 0.2) is 0 Å². The van der Waals surface area contributed by atoms with Gasteiger partial charge in [-0.1, -0.05) is 18.2 Å². The molecule has 1 aliphatic rings. The SMILES string of the molecule is Fc1ccc(-c2cc(NCCCC3CCCNC3)c3ccccc3n2)c(C(F)(F)F)c1. The van der Waals surface area contributed by atoms with Gasteiger partial charge in [0.1, 0.15) is 5.82 Å². The van der Waals surface area contributed by atoms with E-state index in [-0.39, 0.29) is 11.3 Å². The number of nitrogens with one attached hydrogen (secondary N) is 2. The van der Waals surface area contributed by atoms with Crippen LogP contribution in [-0.2, 0) is 6.18 Å². The molecule has 0 aliphatic carbocycles. The fourth-order valence-corrected chi connectivity index (χ4v) is 4.22. The first-order valence-electron chi connectivity index (χ1n) is 10.6. The largest absolute Gasteiger partial charge is 0.417 e. The van der Waals surface area contributed by atoms with Gasteiger partial charge in [0.25, 0.3) is 0 Å². The Morgan fingerprint density at radius 1 is 1.10 bits per heavy atom. The van der Waals surface area contributed by atoms with Crippen molar-refractivity contribution >= 4 is 16.6 Å². The second kappa shape index (κ2) is 9.22. The zero-order valence-corrected chi connectivity index (χ0v) is 17.1. The van der Waals surface area contributed by atoms with E-state index in [4.69, 9.17) is 0 Å². The van der Waals surface area contributed by atoms with E-state index in [1.54, 1.807) is 18.2 Å². The van der Waals surface area contributed by atoms with Crippen LogP contribution in [0.3, 0.4) is 0 Å². The van der Waals surface area contributed by atoms with Gasteiger partial charge in [-0.3, -0.25) is 0 Å². The van der Waals surface area contributed by atoms with Crippen molar-refractivity contribution in [3.63, 3.8) is 0 Å². The minimum Gasteiger partial charge on any atom is -0.384 e. The number of rotatable bonds is 6. The molecule has 1 aromatic heterocycles. The molecule has 0 amide bonds. The monoisotopic (exact) mass is 431 g/mol. The first-order valence-corrected chi connectivity index (χ1v) is 10.6. The molecule has 2 heterocycles. The van der Waals surface area contributed by atoms with Crippen molar-refractivity contribution < 1.29 is 17.6 Å². The molecule has 2 aromatic carbocycles. The first kappa shape index (κ1) is 21.6. The first-order chi connectivity index (χ1) is 14.9. The highest BCUT2D eigenvalue weighted by Gasteiger charge is 2.34. The van der Waals surface area contributed by atoms with Crippen LogP contribution in [0.1, 0.15) is 31.2 Å². The molecule has 0 bridgehead atoms. The standard InChI is InChI=1S/C24H25F4N3/c25-17-9-10-18(20(13-17)24(26,27)28)23-14-22(19-7-1-2-8-21(19)31-23)30-12-4-6-16-5-3-11-29-15-16/h1-2,7-10,13-14,16,29H,3-6,11-12,15H2,(H,30,31). The Bertz CT molecular complexity index is 1040. The van der Waals surface area contributed by atoms with E-state index in [0.29, 0.717) is 17.5 Å². The van der Waals surface area contributed by atoms with E-state index in [2.05, 4.69) is 15.6 Å². The van der Waals surface area contributed by atoms with Gasteiger partial charge in [-0.25, -0.2) is 9.37 Å². The molecule has 0 radical (unpaired) electrons. The Kier molecular flexibility index (Phi) is 6.41. The molecule has 1 unspecified atom stereocenters. The van der Waals surface area contributed by atoms with Crippen LogP contribution in [0.25, 0.3) is 22.2 Å². The highest BCUT2D eigenvalue weighted by atomic mass is 19.4. The van der Waals surface area contributed by atoms with Gasteiger partial charge in [-0.15, -0.1) is 0 Å². The van der Waals surface area contributed by atoms with E-state index in [9.17, 15) is 17.6 Å². The van der Waals surface area contributed by atoms with Crippen molar-refractivity contribution in [2.75, 3.05) is 25.0 Å². The van der Waals surface area contributed by atoms with Gasteiger partial charge in [0.2, 0.25) is 0 Å². The molecular formula is C24H25F4N3. The number of benzene rings is 2. The molecular weight excluding hydrogens is 406 g/mol. The minimum atomic E-state index is -4.67. The molecule has 31 heavy (non-hydrogen) atoms. The van der Waals surface area contributed by atoms with Crippen molar-refractivity contribution in [1.82, 2.24) is 10.3 Å². The number of pyridine rings is 1. The maximum Gasteiger partial charge on any atom is 0.417 e. The summed E-state index contributed by atoms with van der Waals surface area (Å²) in [5.74, 6) is -0.249. The quantitative estimate of drug-likeness (QED) is 0.358. The number of fused-ring (bicyclic) bond motifs is 1. The minimum absolute atomic E-state index is 0.129. The fourth-order valence-electron chi connectivity index (χ4n) is 4.22. The third kappa shape index (κ3) is 5.15. The highest BCUT2D eigenvalue weighted by Crippen LogP contribution is 2.38. The average Bonchev–Trinajstić information content (AvgIpc) is 2.76. The topological polar surface area (TPSA) is 37.0 Å². The van der Waals surface area contributed by atoms with Crippen molar-refractivity contribution in [2.24, 2.45) is 5.92 Å². The summed E-state index contributed by atoms with van der Waals surface area (Å²) in [7, 11) is 0. The van der Waals surface area contributed by atoms with Crippen LogP contribution in [0.15, 0.2) is 48.5 Å². The van der Waals surface area contributed by atoms with Crippen LogP contribution >= 0.6 is 0 Å². The van der Waals surface area contributed by atoms with E-state index in [1.165, 1.54) is 12.8 Å². The number of piperidine rings is 1. The van der Waals surface area contributed by atoms with Crippen molar-refractivity contribution in [3.8, 4) is 11.3 Å². The highest BCUT2D eigenvalue weighted by molar-refractivity contribution is 5.94. The normalized spacial score (nSPS) is 17.1. The van der Waals surface area contributed by atoms with Gasteiger partial charge in [0, 0.05) is 23.2 Å². The lowest BCUT2D eigenvalue weighted by molar-refractivity contribution is -0.137. The number of alkyl halides is 3. The number of aromatic nitrogens is 1. The summed E-state index contributed by atoms with van der Waals surface area (Å²) in [4.78, 5) is 4.44. The number of hydrogen-bond donors (Lipinski definition) is 2. The lowest BCUT2D eigenvalue weighted by Gasteiger charge is -2.22. The zero-order valence-electron chi connectivity index (χ0n) is 17.1. The predicted molar refractivity (Wildman–Crippen MR) is 115 cm³/mol. The molecule has 3 aromatic rings. The molecule has 7 heteroatoms. The molecule has 3 nitrogen and oxygen atoms in total. The van der Waals surface area contributed by atoms with Gasteiger partial charge >= 0.3 is 6.18 Å². The Morgan fingerprint density at radius 3 is 2.71 bits per heavy atom. The van der Waals surface area contributed by atoms with E-state index < -0.39 is 17.6 Å². The van der Waals surface area contributed by atoms with Crippen molar-refractivity contribution in [1.29, 1.82) is 0 Å². The Balaban J connectivity index is 1.61. The lowest BCUT2D eigenvalue weighted by atomic mass is 9.95. The predicted octanol–water partition coefficient (Wildman–Crippen LogP) is 6.25. The fraction of sp³-hybridized carbons (Fsp3) is 0.375. The molecule has 1 fully saturated rings. The smallest absolute Gasteiger partial charge is 0.384 e. The van der Waals surface area contributed by atoms with Crippen LogP contribution in [-0.4, -0.2) is 24.6 Å². The van der Waals surface area contributed by atoms with Crippen LogP contribution in [0.5, 0.6) is 0 Å². The molecule has 4 rings (SSSR count). The van der Waals surface area contributed by atoms with Crippen LogP contribution < -0.4 is 10.6 Å². The summed E-state index contributed by atoms with van der Waals surface area (Å²) in [6.45, 7) is 2.86. The summed E-state index contributed by atoms with van der Waals surface area (Å²) in [5.41, 5.74) is 0.350. The summed E-state index contributed by atoms with van der Waals surface area (Å²) < 4.78 is 54.2. The second-order valence-corrected chi connectivity index (χ2v) is 8.04. The van der Waals surface area contributed by atoms with Crippen LogP contribution in [0.4, 0.5) is 23.2 Å². The van der Waals surface area contributed by atoms with Crippen LogP contribution in [0, 0.1) is 11.7 Å². The number of para-hydroxylation sites is 1. The molecule has 0 saturated carbocycles. The zero-order chi connectivity index (χ0) is 21.8. The maximum atomic E-state index is 13.5. The summed E-state index contributed by atoms with van der Waals surface area (Å²) >= 11 is 0.